The average molecular weight is 267 g/mol. The fraction of sp³-hybridized carbons (Fsp3) is 0.500. The first-order chi connectivity index (χ1) is 9.13. The van der Waals surface area contributed by atoms with E-state index in [1.165, 1.54) is 25.7 Å². The van der Waals surface area contributed by atoms with Crippen molar-refractivity contribution in [2.24, 2.45) is 0 Å². The molecule has 104 valence electrons. The largest absolute Gasteiger partial charge is 0.467 e. The van der Waals surface area contributed by atoms with Gasteiger partial charge in [0, 0.05) is 24.3 Å². The molecule has 1 aliphatic heterocycles. The molecule has 1 heterocycles. The molecule has 0 saturated carbocycles. The Morgan fingerprint density at radius 3 is 2.68 bits per heavy atom. The van der Waals surface area contributed by atoms with E-state index in [0.717, 1.165) is 25.9 Å². The van der Waals surface area contributed by atoms with Crippen LogP contribution in [0.1, 0.15) is 30.9 Å². The molecule has 0 aromatic heterocycles. The summed E-state index contributed by atoms with van der Waals surface area (Å²) in [4.78, 5) is 13.5. The summed E-state index contributed by atoms with van der Waals surface area (Å²) in [6, 6.07) is 4.16. The maximum atomic E-state index is 13.4. The van der Waals surface area contributed by atoms with Gasteiger partial charge in [-0.15, -0.1) is 0 Å². The molecule has 1 aromatic rings. The second-order valence-electron chi connectivity index (χ2n) is 4.68. The zero-order chi connectivity index (χ0) is 13.8. The van der Waals surface area contributed by atoms with Gasteiger partial charge in [-0.05, 0) is 37.5 Å². The highest BCUT2D eigenvalue weighted by atomic mass is 19.1. The number of hydrogen-bond acceptors (Lipinski definition) is 4. The number of aliphatic hydroxyl groups is 1. The Balaban J connectivity index is 2.34. The third kappa shape index (κ3) is 3.04. The van der Waals surface area contributed by atoms with Crippen LogP contribution in [0.15, 0.2) is 18.2 Å². The SMILES string of the molecule is COC(=O)C(O)c1cc(F)ccc1N1CCCCC1. The molecule has 19 heavy (non-hydrogen) atoms. The van der Waals surface area contributed by atoms with Gasteiger partial charge in [0.05, 0.1) is 7.11 Å². The summed E-state index contributed by atoms with van der Waals surface area (Å²) in [5, 5.41) is 9.96. The van der Waals surface area contributed by atoms with E-state index >= 15 is 0 Å². The van der Waals surface area contributed by atoms with Crippen LogP contribution in [0.25, 0.3) is 0 Å². The normalized spacial score (nSPS) is 17.1. The Morgan fingerprint density at radius 1 is 1.37 bits per heavy atom. The topological polar surface area (TPSA) is 49.8 Å². The molecule has 1 aromatic carbocycles. The van der Waals surface area contributed by atoms with E-state index in [1.54, 1.807) is 6.07 Å². The van der Waals surface area contributed by atoms with Crippen LogP contribution in [0.3, 0.4) is 0 Å². The van der Waals surface area contributed by atoms with Crippen LogP contribution in [0.2, 0.25) is 0 Å². The minimum Gasteiger partial charge on any atom is -0.467 e. The van der Waals surface area contributed by atoms with Gasteiger partial charge in [0.2, 0.25) is 0 Å². The van der Waals surface area contributed by atoms with Gasteiger partial charge in [0.15, 0.2) is 6.10 Å². The van der Waals surface area contributed by atoms with E-state index in [0.29, 0.717) is 5.69 Å². The van der Waals surface area contributed by atoms with Crippen LogP contribution >= 0.6 is 0 Å². The van der Waals surface area contributed by atoms with Crippen molar-refractivity contribution in [3.05, 3.63) is 29.6 Å². The van der Waals surface area contributed by atoms with E-state index in [9.17, 15) is 14.3 Å². The lowest BCUT2D eigenvalue weighted by Gasteiger charge is -2.31. The first-order valence-corrected chi connectivity index (χ1v) is 6.44. The molecule has 1 N–H and O–H groups in total. The number of rotatable bonds is 3. The summed E-state index contributed by atoms with van der Waals surface area (Å²) in [5.74, 6) is -1.25. The highest BCUT2D eigenvalue weighted by molar-refractivity contribution is 5.79. The first kappa shape index (κ1) is 13.8. The number of piperidine rings is 1. The zero-order valence-electron chi connectivity index (χ0n) is 10.9. The molecule has 0 radical (unpaired) electrons. The summed E-state index contributed by atoms with van der Waals surface area (Å²) in [7, 11) is 1.20. The lowest BCUT2D eigenvalue weighted by atomic mass is 10.0. The predicted molar refractivity (Wildman–Crippen MR) is 69.4 cm³/mol. The van der Waals surface area contributed by atoms with Gasteiger partial charge in [0.1, 0.15) is 5.82 Å². The molecular formula is C14H18FNO3. The molecule has 1 fully saturated rings. The summed E-state index contributed by atoms with van der Waals surface area (Å²) >= 11 is 0. The summed E-state index contributed by atoms with van der Waals surface area (Å²) in [6.07, 6.45) is 1.85. The lowest BCUT2D eigenvalue weighted by molar-refractivity contribution is -0.150. The summed E-state index contributed by atoms with van der Waals surface area (Å²) < 4.78 is 17.9. The van der Waals surface area contributed by atoms with Crippen molar-refractivity contribution in [1.82, 2.24) is 0 Å². The molecule has 0 spiro atoms. The fourth-order valence-corrected chi connectivity index (χ4v) is 2.41. The molecule has 2 rings (SSSR count). The molecule has 0 amide bonds. The standard InChI is InChI=1S/C14H18FNO3/c1-19-14(18)13(17)11-9-10(15)5-6-12(11)16-7-3-2-4-8-16/h5-6,9,13,17H,2-4,7-8H2,1H3. The predicted octanol–water partition coefficient (Wildman–Crippen LogP) is 2.02. The van der Waals surface area contributed by atoms with E-state index in [-0.39, 0.29) is 5.56 Å². The van der Waals surface area contributed by atoms with Crippen molar-refractivity contribution in [1.29, 1.82) is 0 Å². The highest BCUT2D eigenvalue weighted by Gasteiger charge is 2.24. The number of halogens is 1. The molecule has 0 aliphatic carbocycles. The van der Waals surface area contributed by atoms with Crippen LogP contribution in [0.5, 0.6) is 0 Å². The quantitative estimate of drug-likeness (QED) is 0.851. The van der Waals surface area contributed by atoms with Gasteiger partial charge < -0.3 is 14.7 Å². The Labute approximate surface area is 111 Å². The molecule has 0 bridgehead atoms. The van der Waals surface area contributed by atoms with Crippen molar-refractivity contribution in [3.63, 3.8) is 0 Å². The van der Waals surface area contributed by atoms with Crippen LogP contribution < -0.4 is 4.90 Å². The van der Waals surface area contributed by atoms with Crippen molar-refractivity contribution in [2.45, 2.75) is 25.4 Å². The number of hydrogen-bond donors (Lipinski definition) is 1. The number of nitrogens with zero attached hydrogens (tertiary/aromatic N) is 1. The molecule has 1 atom stereocenters. The number of esters is 1. The number of benzene rings is 1. The summed E-state index contributed by atoms with van der Waals surface area (Å²) in [5.41, 5.74) is 0.979. The smallest absolute Gasteiger partial charge is 0.339 e. The van der Waals surface area contributed by atoms with Gasteiger partial charge in [-0.1, -0.05) is 0 Å². The second-order valence-corrected chi connectivity index (χ2v) is 4.68. The van der Waals surface area contributed by atoms with E-state index in [4.69, 9.17) is 0 Å². The summed E-state index contributed by atoms with van der Waals surface area (Å²) in [6.45, 7) is 1.71. The monoisotopic (exact) mass is 267 g/mol. The maximum Gasteiger partial charge on any atom is 0.339 e. The molecule has 4 nitrogen and oxygen atoms in total. The molecule has 1 unspecified atom stereocenters. The average Bonchev–Trinajstić information content (AvgIpc) is 2.46. The second kappa shape index (κ2) is 6.02. The van der Waals surface area contributed by atoms with Crippen molar-refractivity contribution >= 4 is 11.7 Å². The third-order valence-corrected chi connectivity index (χ3v) is 3.41. The molecule has 1 saturated heterocycles. The van der Waals surface area contributed by atoms with Gasteiger partial charge in [0.25, 0.3) is 0 Å². The van der Waals surface area contributed by atoms with Gasteiger partial charge in [-0.3, -0.25) is 0 Å². The van der Waals surface area contributed by atoms with Gasteiger partial charge in [-0.2, -0.15) is 0 Å². The number of methoxy groups -OCH3 is 1. The van der Waals surface area contributed by atoms with Crippen molar-refractivity contribution in [2.75, 3.05) is 25.1 Å². The Kier molecular flexibility index (Phi) is 4.37. The van der Waals surface area contributed by atoms with E-state index in [1.807, 2.05) is 0 Å². The molecule has 1 aliphatic rings. The van der Waals surface area contributed by atoms with Gasteiger partial charge in [-0.25, -0.2) is 9.18 Å². The minimum atomic E-state index is -1.45. The van der Waals surface area contributed by atoms with Gasteiger partial charge >= 0.3 is 5.97 Å². The minimum absolute atomic E-state index is 0.272. The number of aliphatic hydroxyl groups excluding tert-OH is 1. The molecular weight excluding hydrogens is 249 g/mol. The Bertz CT molecular complexity index is 458. The van der Waals surface area contributed by atoms with Crippen molar-refractivity contribution in [3.8, 4) is 0 Å². The Morgan fingerprint density at radius 2 is 2.05 bits per heavy atom. The van der Waals surface area contributed by atoms with E-state index < -0.39 is 17.9 Å². The number of ether oxygens (including phenoxy) is 1. The Hall–Kier alpha value is -1.62. The highest BCUT2D eigenvalue weighted by Crippen LogP contribution is 2.30. The number of carbonyl (C=O) groups is 1. The number of carbonyl (C=O) groups excluding carboxylic acids is 1. The van der Waals surface area contributed by atoms with Crippen LogP contribution in [-0.2, 0) is 9.53 Å². The number of anilines is 1. The first-order valence-electron chi connectivity index (χ1n) is 6.44. The fourth-order valence-electron chi connectivity index (χ4n) is 2.41. The van der Waals surface area contributed by atoms with Crippen LogP contribution in [0.4, 0.5) is 10.1 Å². The lowest BCUT2D eigenvalue weighted by Crippen LogP contribution is -2.31. The third-order valence-electron chi connectivity index (χ3n) is 3.41. The van der Waals surface area contributed by atoms with E-state index in [2.05, 4.69) is 9.64 Å². The maximum absolute atomic E-state index is 13.4. The zero-order valence-corrected chi connectivity index (χ0v) is 10.9. The van der Waals surface area contributed by atoms with Crippen LogP contribution in [-0.4, -0.2) is 31.3 Å². The van der Waals surface area contributed by atoms with Crippen LogP contribution in [0, 0.1) is 5.82 Å². The van der Waals surface area contributed by atoms with Crippen molar-refractivity contribution < 1.29 is 19.0 Å². The molecule has 5 heteroatoms.